The minimum absolute atomic E-state index is 0.00733. The second-order valence-electron chi connectivity index (χ2n) is 13.3. The van der Waals surface area contributed by atoms with Gasteiger partial charge in [-0.15, -0.1) is 0 Å². The van der Waals surface area contributed by atoms with Crippen molar-refractivity contribution in [3.63, 3.8) is 0 Å². The van der Waals surface area contributed by atoms with Gasteiger partial charge in [-0.3, -0.25) is 9.56 Å². The monoisotopic (exact) mass is 695 g/mol. The van der Waals surface area contributed by atoms with E-state index in [-0.39, 0.29) is 12.1 Å². The molecule has 0 saturated carbocycles. The summed E-state index contributed by atoms with van der Waals surface area (Å²) in [5.41, 5.74) is 8.54. The molecular formula is C47H33N7. The van der Waals surface area contributed by atoms with Gasteiger partial charge in [0.2, 0.25) is 0 Å². The van der Waals surface area contributed by atoms with Crippen LogP contribution in [0, 0.1) is 0 Å². The third-order valence-electron chi connectivity index (χ3n) is 9.96. The minimum Gasteiger partial charge on any atom is -0.316 e. The zero-order valence-electron chi connectivity index (χ0n) is 29.2. The Morgan fingerprint density at radius 2 is 0.963 bits per heavy atom. The fourth-order valence-corrected chi connectivity index (χ4v) is 7.48. The molecule has 0 amide bonds. The molecule has 8 aromatic rings. The van der Waals surface area contributed by atoms with E-state index in [2.05, 4.69) is 125 Å². The Morgan fingerprint density at radius 1 is 0.426 bits per heavy atom. The molecular weight excluding hydrogens is 663 g/mol. The Balaban J connectivity index is 1.19. The third kappa shape index (κ3) is 5.50. The summed E-state index contributed by atoms with van der Waals surface area (Å²) >= 11 is 0. The van der Waals surface area contributed by atoms with E-state index in [9.17, 15) is 0 Å². The fraction of sp³-hybridized carbons (Fsp3) is 0.0426. The molecule has 54 heavy (non-hydrogen) atoms. The van der Waals surface area contributed by atoms with Gasteiger partial charge in [0, 0.05) is 27.8 Å². The average molecular weight is 696 g/mol. The van der Waals surface area contributed by atoms with Crippen LogP contribution in [0.5, 0.6) is 0 Å². The fourth-order valence-electron chi connectivity index (χ4n) is 7.48. The van der Waals surface area contributed by atoms with Gasteiger partial charge in [-0.2, -0.15) is 0 Å². The van der Waals surface area contributed by atoms with Crippen LogP contribution < -0.4 is 4.90 Å². The van der Waals surface area contributed by atoms with Crippen LogP contribution in [0.1, 0.15) is 5.56 Å². The van der Waals surface area contributed by atoms with Gasteiger partial charge in [0.15, 0.2) is 17.5 Å². The molecule has 10 rings (SSSR count). The van der Waals surface area contributed by atoms with Crippen molar-refractivity contribution in [1.82, 2.24) is 24.5 Å². The third-order valence-corrected chi connectivity index (χ3v) is 9.96. The maximum absolute atomic E-state index is 5.33. The molecule has 256 valence electrons. The van der Waals surface area contributed by atoms with Crippen LogP contribution in [0.15, 0.2) is 193 Å². The highest BCUT2D eigenvalue weighted by molar-refractivity contribution is 6.13. The van der Waals surface area contributed by atoms with Crippen LogP contribution in [0.2, 0.25) is 0 Å². The Morgan fingerprint density at radius 3 is 1.69 bits per heavy atom. The molecule has 0 saturated heterocycles. The van der Waals surface area contributed by atoms with Gasteiger partial charge >= 0.3 is 0 Å². The lowest BCUT2D eigenvalue weighted by Crippen LogP contribution is -2.39. The van der Waals surface area contributed by atoms with Gasteiger partial charge in [0.25, 0.3) is 0 Å². The predicted octanol–water partition coefficient (Wildman–Crippen LogP) is 10.0. The molecule has 2 aliphatic rings. The van der Waals surface area contributed by atoms with Crippen molar-refractivity contribution in [3.8, 4) is 51.2 Å². The number of hydrogen-bond donors (Lipinski definition) is 0. The molecule has 2 atom stereocenters. The van der Waals surface area contributed by atoms with Crippen LogP contribution in [0.4, 0.5) is 5.69 Å². The number of amidine groups is 1. The first kappa shape index (κ1) is 31.5. The number of aliphatic imine (C=N–C) groups is 1. The van der Waals surface area contributed by atoms with E-state index in [1.165, 1.54) is 0 Å². The lowest BCUT2D eigenvalue weighted by molar-refractivity contribution is 0.739. The molecule has 1 aliphatic heterocycles. The molecule has 3 heterocycles. The SMILES string of the molecule is C1=CC2N=C(c3ccccc3)N(c3ccccc3-c3nc(-c4ccccc4)nc(-c4ccccc4-n4c(-c5ccccc5)nc5ccccc54)n3)C2C=C1. The number of allylic oxidation sites excluding steroid dienone is 2. The Hall–Kier alpha value is -7.25. The summed E-state index contributed by atoms with van der Waals surface area (Å²) in [7, 11) is 0. The Labute approximate surface area is 313 Å². The van der Waals surface area contributed by atoms with Crippen molar-refractivity contribution >= 4 is 22.6 Å². The number of hydrogen-bond acceptors (Lipinski definition) is 6. The van der Waals surface area contributed by atoms with Crippen LogP contribution in [-0.2, 0) is 0 Å². The van der Waals surface area contributed by atoms with E-state index in [1.54, 1.807) is 0 Å². The van der Waals surface area contributed by atoms with Crippen LogP contribution in [0.3, 0.4) is 0 Å². The van der Waals surface area contributed by atoms with Crippen LogP contribution in [-0.4, -0.2) is 42.4 Å². The highest BCUT2D eigenvalue weighted by atomic mass is 15.3. The molecule has 6 aromatic carbocycles. The van der Waals surface area contributed by atoms with Gasteiger partial charge in [-0.05, 0) is 36.4 Å². The van der Waals surface area contributed by atoms with Crippen molar-refractivity contribution in [3.05, 3.63) is 194 Å². The lowest BCUT2D eigenvalue weighted by atomic mass is 10.0. The summed E-state index contributed by atoms with van der Waals surface area (Å²) in [6, 6.07) is 55.7. The Kier molecular flexibility index (Phi) is 7.80. The van der Waals surface area contributed by atoms with Crippen molar-refractivity contribution in [2.24, 2.45) is 4.99 Å². The number of para-hydroxylation sites is 4. The maximum Gasteiger partial charge on any atom is 0.166 e. The molecule has 2 unspecified atom stereocenters. The highest BCUT2D eigenvalue weighted by Gasteiger charge is 2.37. The first-order valence-electron chi connectivity index (χ1n) is 18.1. The molecule has 0 fully saturated rings. The number of aromatic nitrogens is 5. The van der Waals surface area contributed by atoms with Gasteiger partial charge in [0.05, 0.1) is 34.5 Å². The molecule has 0 bridgehead atoms. The lowest BCUT2D eigenvalue weighted by Gasteiger charge is -2.30. The Bertz CT molecular complexity index is 2730. The number of nitrogens with zero attached hydrogens (tertiary/aromatic N) is 7. The standard InChI is InChI=1S/C47H33N7/c1-4-18-32(19-5-1)43-50-44(35-24-10-14-28-39(35)53-41-30-16-12-26-37(41)48-46(53)33-20-6-2-7-21-33)52-45(51-43)36-25-11-15-29-40(36)54-42-31-17-13-27-38(42)49-47(54)34-22-8-3-9-23-34/h1-31,37,41H. The zero-order chi connectivity index (χ0) is 35.8. The van der Waals surface area contributed by atoms with E-state index in [0.717, 1.165) is 61.9 Å². The summed E-state index contributed by atoms with van der Waals surface area (Å²) in [6.07, 6.45) is 8.59. The maximum atomic E-state index is 5.33. The number of imidazole rings is 1. The first-order valence-corrected chi connectivity index (χ1v) is 18.1. The van der Waals surface area contributed by atoms with Crippen molar-refractivity contribution in [2.45, 2.75) is 12.1 Å². The second-order valence-corrected chi connectivity index (χ2v) is 13.3. The summed E-state index contributed by atoms with van der Waals surface area (Å²) < 4.78 is 2.22. The number of anilines is 1. The zero-order valence-corrected chi connectivity index (χ0v) is 29.2. The summed E-state index contributed by atoms with van der Waals surface area (Å²) in [4.78, 5) is 28.4. The van der Waals surface area contributed by atoms with E-state index in [0.29, 0.717) is 17.5 Å². The largest absolute Gasteiger partial charge is 0.316 e. The van der Waals surface area contributed by atoms with Crippen LogP contribution >= 0.6 is 0 Å². The molecule has 2 aromatic heterocycles. The van der Waals surface area contributed by atoms with Crippen molar-refractivity contribution in [1.29, 1.82) is 0 Å². The average Bonchev–Trinajstić information content (AvgIpc) is 3.84. The molecule has 1 aliphatic carbocycles. The van der Waals surface area contributed by atoms with E-state index >= 15 is 0 Å². The summed E-state index contributed by atoms with van der Waals surface area (Å²) in [5.74, 6) is 3.50. The van der Waals surface area contributed by atoms with E-state index < -0.39 is 0 Å². The van der Waals surface area contributed by atoms with Gasteiger partial charge < -0.3 is 4.90 Å². The molecule has 7 heteroatoms. The van der Waals surface area contributed by atoms with Crippen molar-refractivity contribution < 1.29 is 0 Å². The highest BCUT2D eigenvalue weighted by Crippen LogP contribution is 2.39. The summed E-state index contributed by atoms with van der Waals surface area (Å²) in [5, 5.41) is 0. The molecule has 0 radical (unpaired) electrons. The van der Waals surface area contributed by atoms with Gasteiger partial charge in [-0.25, -0.2) is 19.9 Å². The minimum atomic E-state index is -0.0113. The van der Waals surface area contributed by atoms with Gasteiger partial charge in [0.1, 0.15) is 11.7 Å². The number of benzene rings is 6. The number of fused-ring (bicyclic) bond motifs is 2. The van der Waals surface area contributed by atoms with Gasteiger partial charge in [-0.1, -0.05) is 152 Å². The first-order chi connectivity index (χ1) is 26.8. The molecule has 0 spiro atoms. The molecule has 7 nitrogen and oxygen atoms in total. The van der Waals surface area contributed by atoms with E-state index in [1.807, 2.05) is 72.8 Å². The van der Waals surface area contributed by atoms with E-state index in [4.69, 9.17) is 24.9 Å². The quantitative estimate of drug-likeness (QED) is 0.166. The normalized spacial score (nSPS) is 16.1. The summed E-state index contributed by atoms with van der Waals surface area (Å²) in [6.45, 7) is 0. The predicted molar refractivity (Wildman–Crippen MR) is 218 cm³/mol. The second kappa shape index (κ2) is 13.4. The number of rotatable bonds is 7. The van der Waals surface area contributed by atoms with Crippen LogP contribution in [0.25, 0.3) is 62.3 Å². The van der Waals surface area contributed by atoms with Crippen molar-refractivity contribution in [2.75, 3.05) is 4.90 Å². The topological polar surface area (TPSA) is 72.1 Å². The smallest absolute Gasteiger partial charge is 0.166 e. The molecule has 0 N–H and O–H groups in total.